The first-order valence-electron chi connectivity index (χ1n) is 4.96. The molecule has 0 unspecified atom stereocenters. The van der Waals surface area contributed by atoms with Crippen molar-refractivity contribution in [2.75, 3.05) is 7.11 Å². The molecule has 0 bridgehead atoms. The number of ether oxygens (including phenoxy) is 1. The van der Waals surface area contributed by atoms with Gasteiger partial charge in [-0.1, -0.05) is 19.8 Å². The van der Waals surface area contributed by atoms with Gasteiger partial charge in [-0.3, -0.25) is 4.79 Å². The van der Waals surface area contributed by atoms with Gasteiger partial charge in [0.1, 0.15) is 5.54 Å². The molecule has 1 rings (SSSR count). The van der Waals surface area contributed by atoms with Gasteiger partial charge in [0, 0.05) is 0 Å². The molecule has 2 N–H and O–H groups in total. The van der Waals surface area contributed by atoms with Crippen LogP contribution in [0.15, 0.2) is 0 Å². The van der Waals surface area contributed by atoms with Crippen molar-refractivity contribution in [3.63, 3.8) is 0 Å². The number of hydrogen-bond donors (Lipinski definition) is 1. The van der Waals surface area contributed by atoms with Crippen LogP contribution in [0.1, 0.15) is 39.0 Å². The van der Waals surface area contributed by atoms with Crippen LogP contribution in [0.5, 0.6) is 0 Å². The van der Waals surface area contributed by atoms with Crippen molar-refractivity contribution in [2.24, 2.45) is 11.7 Å². The van der Waals surface area contributed by atoms with Crippen molar-refractivity contribution in [2.45, 2.75) is 44.6 Å². The van der Waals surface area contributed by atoms with Crippen LogP contribution in [0.2, 0.25) is 0 Å². The van der Waals surface area contributed by atoms with E-state index in [9.17, 15) is 4.79 Å². The smallest absolute Gasteiger partial charge is 0.325 e. The highest BCUT2D eigenvalue weighted by molar-refractivity contribution is 5.80. The Kier molecular flexibility index (Phi) is 3.31. The van der Waals surface area contributed by atoms with Crippen LogP contribution in [0, 0.1) is 5.92 Å². The van der Waals surface area contributed by atoms with Crippen molar-refractivity contribution in [1.82, 2.24) is 0 Å². The van der Waals surface area contributed by atoms with E-state index >= 15 is 0 Å². The summed E-state index contributed by atoms with van der Waals surface area (Å²) in [4.78, 5) is 11.4. The number of hydrogen-bond acceptors (Lipinski definition) is 3. The molecule has 13 heavy (non-hydrogen) atoms. The van der Waals surface area contributed by atoms with E-state index in [1.54, 1.807) is 0 Å². The Balaban J connectivity index is 2.62. The van der Waals surface area contributed by atoms with Crippen molar-refractivity contribution < 1.29 is 9.53 Å². The summed E-state index contributed by atoms with van der Waals surface area (Å²) in [5.74, 6) is 0.441. The fourth-order valence-corrected chi connectivity index (χ4v) is 1.95. The molecule has 0 aromatic rings. The summed E-state index contributed by atoms with van der Waals surface area (Å²) >= 11 is 0. The number of carbonyl (C=O) groups is 1. The van der Waals surface area contributed by atoms with Crippen LogP contribution in [0.3, 0.4) is 0 Å². The van der Waals surface area contributed by atoms with Gasteiger partial charge in [0.2, 0.25) is 0 Å². The number of esters is 1. The van der Waals surface area contributed by atoms with E-state index in [2.05, 4.69) is 6.92 Å². The highest BCUT2D eigenvalue weighted by atomic mass is 16.5. The zero-order chi connectivity index (χ0) is 9.90. The minimum Gasteiger partial charge on any atom is -0.468 e. The molecule has 0 amide bonds. The largest absolute Gasteiger partial charge is 0.468 e. The molecule has 1 aliphatic rings. The van der Waals surface area contributed by atoms with Gasteiger partial charge < -0.3 is 10.5 Å². The van der Waals surface area contributed by atoms with Gasteiger partial charge in [-0.05, 0) is 25.2 Å². The second-order valence-electron chi connectivity index (χ2n) is 4.18. The van der Waals surface area contributed by atoms with Gasteiger partial charge in [-0.25, -0.2) is 0 Å². The first-order valence-corrected chi connectivity index (χ1v) is 4.96. The normalized spacial score (nSPS) is 35.2. The molecule has 0 radical (unpaired) electrons. The maximum Gasteiger partial charge on any atom is 0.325 e. The van der Waals surface area contributed by atoms with Gasteiger partial charge in [-0.2, -0.15) is 0 Å². The minimum absolute atomic E-state index is 0.249. The third-order valence-corrected chi connectivity index (χ3v) is 2.99. The first-order chi connectivity index (χ1) is 6.08. The van der Waals surface area contributed by atoms with E-state index in [1.165, 1.54) is 13.5 Å². The zero-order valence-electron chi connectivity index (χ0n) is 8.51. The summed E-state index contributed by atoms with van der Waals surface area (Å²) in [7, 11) is 1.41. The van der Waals surface area contributed by atoms with E-state index in [4.69, 9.17) is 10.5 Å². The third kappa shape index (κ3) is 2.44. The monoisotopic (exact) mass is 185 g/mol. The minimum atomic E-state index is -0.709. The lowest BCUT2D eigenvalue weighted by molar-refractivity contribution is -0.147. The summed E-state index contributed by atoms with van der Waals surface area (Å²) < 4.78 is 4.72. The predicted octanol–water partition coefficient (Wildman–Crippen LogP) is 1.46. The molecule has 2 atom stereocenters. The highest BCUT2D eigenvalue weighted by Crippen LogP contribution is 2.29. The average Bonchev–Trinajstić information content (AvgIpc) is 2.28. The number of nitrogens with two attached hydrogens (primary N) is 1. The molecule has 3 heteroatoms. The molecular formula is C10H19NO2. The van der Waals surface area contributed by atoms with E-state index in [0.29, 0.717) is 5.92 Å². The van der Waals surface area contributed by atoms with Gasteiger partial charge in [0.15, 0.2) is 0 Å². The zero-order valence-corrected chi connectivity index (χ0v) is 8.51. The highest BCUT2D eigenvalue weighted by Gasteiger charge is 2.36. The average molecular weight is 185 g/mol. The van der Waals surface area contributed by atoms with Crippen LogP contribution in [0.25, 0.3) is 0 Å². The van der Waals surface area contributed by atoms with Crippen LogP contribution in [-0.2, 0) is 9.53 Å². The van der Waals surface area contributed by atoms with Crippen LogP contribution in [0.4, 0.5) is 0 Å². The molecule has 76 valence electrons. The first kappa shape index (κ1) is 10.5. The molecule has 0 heterocycles. The summed E-state index contributed by atoms with van der Waals surface area (Å²) in [5.41, 5.74) is 5.29. The third-order valence-electron chi connectivity index (χ3n) is 2.99. The SMILES string of the molecule is COC(=O)[C@@]1(N)CCC[C@H](C)CC1. The van der Waals surface area contributed by atoms with Crippen LogP contribution in [-0.4, -0.2) is 18.6 Å². The molecule has 3 nitrogen and oxygen atoms in total. The van der Waals surface area contributed by atoms with Crippen molar-refractivity contribution >= 4 is 5.97 Å². The number of rotatable bonds is 1. The van der Waals surface area contributed by atoms with E-state index < -0.39 is 5.54 Å². The predicted molar refractivity (Wildman–Crippen MR) is 51.2 cm³/mol. The van der Waals surface area contributed by atoms with Crippen molar-refractivity contribution in [3.8, 4) is 0 Å². The van der Waals surface area contributed by atoms with E-state index in [-0.39, 0.29) is 5.97 Å². The van der Waals surface area contributed by atoms with E-state index in [1.807, 2.05) is 0 Å². The fourth-order valence-electron chi connectivity index (χ4n) is 1.95. The lowest BCUT2D eigenvalue weighted by Crippen LogP contribution is -2.48. The van der Waals surface area contributed by atoms with Crippen LogP contribution >= 0.6 is 0 Å². The Morgan fingerprint density at radius 1 is 1.46 bits per heavy atom. The molecule has 0 aromatic heterocycles. The summed E-state index contributed by atoms with van der Waals surface area (Å²) in [6, 6.07) is 0. The van der Waals surface area contributed by atoms with Crippen molar-refractivity contribution in [1.29, 1.82) is 0 Å². The number of carbonyl (C=O) groups excluding carboxylic acids is 1. The van der Waals surface area contributed by atoms with Gasteiger partial charge in [-0.15, -0.1) is 0 Å². The summed E-state index contributed by atoms with van der Waals surface area (Å²) in [6.45, 7) is 2.21. The summed E-state index contributed by atoms with van der Waals surface area (Å²) in [6.07, 6.45) is 4.78. The van der Waals surface area contributed by atoms with Gasteiger partial charge in [0.25, 0.3) is 0 Å². The maximum atomic E-state index is 11.4. The molecular weight excluding hydrogens is 166 g/mol. The molecule has 1 aliphatic carbocycles. The molecule has 0 aromatic carbocycles. The fraction of sp³-hybridized carbons (Fsp3) is 0.900. The number of methoxy groups -OCH3 is 1. The lowest BCUT2D eigenvalue weighted by Gasteiger charge is -2.24. The lowest BCUT2D eigenvalue weighted by atomic mass is 9.91. The van der Waals surface area contributed by atoms with Gasteiger partial charge in [0.05, 0.1) is 7.11 Å². The Bertz CT molecular complexity index is 193. The van der Waals surface area contributed by atoms with Crippen LogP contribution < -0.4 is 5.73 Å². The van der Waals surface area contributed by atoms with E-state index in [0.717, 1.165) is 25.7 Å². The van der Waals surface area contributed by atoms with Crippen molar-refractivity contribution in [3.05, 3.63) is 0 Å². The standard InChI is InChI=1S/C10H19NO2/c1-8-4-3-6-10(11,7-5-8)9(12)13-2/h8H,3-7,11H2,1-2H3/t8-,10+/m0/s1. The molecule has 0 aliphatic heterocycles. The quantitative estimate of drug-likeness (QED) is 0.497. The Hall–Kier alpha value is -0.570. The molecule has 0 saturated heterocycles. The second kappa shape index (κ2) is 4.09. The maximum absolute atomic E-state index is 11.4. The second-order valence-corrected chi connectivity index (χ2v) is 4.18. The topological polar surface area (TPSA) is 52.3 Å². The molecule has 1 saturated carbocycles. The molecule has 0 spiro atoms. The summed E-state index contributed by atoms with van der Waals surface area (Å²) in [5, 5.41) is 0. The molecule has 1 fully saturated rings. The van der Waals surface area contributed by atoms with Gasteiger partial charge >= 0.3 is 5.97 Å². The Morgan fingerprint density at radius 3 is 2.77 bits per heavy atom. The Morgan fingerprint density at radius 2 is 2.15 bits per heavy atom. The Labute approximate surface area is 79.6 Å².